The molecule has 0 saturated carbocycles. The summed E-state index contributed by atoms with van der Waals surface area (Å²) in [7, 11) is 3.35. The lowest BCUT2D eigenvalue weighted by atomic mass is 10.2. The quantitative estimate of drug-likeness (QED) is 0.923. The summed E-state index contributed by atoms with van der Waals surface area (Å²) in [4.78, 5) is 5.64. The summed E-state index contributed by atoms with van der Waals surface area (Å²) >= 11 is 1.58. The van der Waals surface area contributed by atoms with Gasteiger partial charge in [0, 0.05) is 17.0 Å². The van der Waals surface area contributed by atoms with Crippen LogP contribution in [0.3, 0.4) is 0 Å². The normalized spacial score (nSPS) is 10.7. The molecule has 5 heteroatoms. The molecule has 0 atom stereocenters. The minimum atomic E-state index is -0.363. The van der Waals surface area contributed by atoms with Crippen LogP contribution in [0.4, 0.5) is 4.39 Å². The number of ether oxygens (including phenoxy) is 1. The van der Waals surface area contributed by atoms with E-state index in [1.165, 1.54) is 18.1 Å². The summed E-state index contributed by atoms with van der Waals surface area (Å²) in [6, 6.07) is 4.91. The Balaban J connectivity index is 2.36. The van der Waals surface area contributed by atoms with Crippen molar-refractivity contribution in [2.45, 2.75) is 13.5 Å². The topological polar surface area (TPSA) is 34.1 Å². The number of methoxy groups -OCH3 is 1. The third-order valence-corrected chi connectivity index (χ3v) is 3.84. The van der Waals surface area contributed by atoms with Gasteiger partial charge < -0.3 is 10.1 Å². The maximum Gasteiger partial charge on any atom is 0.165 e. The number of hydrogen-bond donors (Lipinski definition) is 1. The fourth-order valence-electron chi connectivity index (χ4n) is 1.68. The number of thiazole rings is 1. The first-order valence-corrected chi connectivity index (χ1v) is 6.42. The maximum atomic E-state index is 13.6. The Hall–Kier alpha value is -1.46. The van der Waals surface area contributed by atoms with Crippen molar-refractivity contribution in [1.29, 1.82) is 0 Å². The molecule has 0 aliphatic carbocycles. The number of nitrogens with one attached hydrogen (secondary N) is 1. The first kappa shape index (κ1) is 13.0. The molecule has 1 aromatic carbocycles. The fraction of sp³-hybridized carbons (Fsp3) is 0.308. The van der Waals surface area contributed by atoms with Gasteiger partial charge in [-0.05, 0) is 32.2 Å². The van der Waals surface area contributed by atoms with Gasteiger partial charge in [0.1, 0.15) is 5.01 Å². The van der Waals surface area contributed by atoms with E-state index in [0.717, 1.165) is 22.8 Å². The van der Waals surface area contributed by atoms with Gasteiger partial charge in [0.05, 0.1) is 12.8 Å². The van der Waals surface area contributed by atoms with Gasteiger partial charge in [-0.1, -0.05) is 0 Å². The van der Waals surface area contributed by atoms with Gasteiger partial charge in [-0.15, -0.1) is 11.3 Å². The van der Waals surface area contributed by atoms with Gasteiger partial charge in [-0.2, -0.15) is 0 Å². The lowest BCUT2D eigenvalue weighted by molar-refractivity contribution is 0.386. The number of aromatic nitrogens is 1. The molecule has 0 aliphatic heterocycles. The second kappa shape index (κ2) is 5.46. The van der Waals surface area contributed by atoms with Gasteiger partial charge in [-0.3, -0.25) is 0 Å². The predicted molar refractivity (Wildman–Crippen MR) is 71.6 cm³/mol. The van der Waals surface area contributed by atoms with Crippen LogP contribution in [0.2, 0.25) is 0 Å². The predicted octanol–water partition coefficient (Wildman–Crippen LogP) is 2.99. The van der Waals surface area contributed by atoms with Crippen LogP contribution in [0.15, 0.2) is 18.2 Å². The number of halogens is 1. The number of nitrogens with zero attached hydrogens (tertiary/aromatic N) is 1. The smallest absolute Gasteiger partial charge is 0.165 e. The Morgan fingerprint density at radius 1 is 1.44 bits per heavy atom. The van der Waals surface area contributed by atoms with Crippen LogP contribution in [-0.4, -0.2) is 19.1 Å². The van der Waals surface area contributed by atoms with E-state index in [-0.39, 0.29) is 11.6 Å². The zero-order valence-corrected chi connectivity index (χ0v) is 11.4. The second-order valence-electron chi connectivity index (χ2n) is 3.91. The molecule has 1 heterocycles. The Morgan fingerprint density at radius 2 is 2.22 bits per heavy atom. The minimum absolute atomic E-state index is 0.252. The highest BCUT2D eigenvalue weighted by Crippen LogP contribution is 2.30. The molecule has 0 fully saturated rings. The monoisotopic (exact) mass is 266 g/mol. The molecule has 0 saturated heterocycles. The average molecular weight is 266 g/mol. The Labute approximate surface area is 110 Å². The molecule has 3 nitrogen and oxygen atoms in total. The van der Waals surface area contributed by atoms with Crippen LogP contribution < -0.4 is 10.1 Å². The Morgan fingerprint density at radius 3 is 2.83 bits per heavy atom. The number of rotatable bonds is 4. The lowest BCUT2D eigenvalue weighted by Gasteiger charge is -2.02. The molecule has 2 rings (SSSR count). The second-order valence-corrected chi connectivity index (χ2v) is 4.99. The van der Waals surface area contributed by atoms with E-state index in [4.69, 9.17) is 4.74 Å². The Kier molecular flexibility index (Phi) is 3.93. The third kappa shape index (κ3) is 2.52. The van der Waals surface area contributed by atoms with Gasteiger partial charge in [0.2, 0.25) is 0 Å². The molecule has 1 aromatic heterocycles. The molecular weight excluding hydrogens is 251 g/mol. The van der Waals surface area contributed by atoms with E-state index in [1.807, 2.05) is 20.0 Å². The van der Waals surface area contributed by atoms with Crippen LogP contribution in [0.25, 0.3) is 10.6 Å². The summed E-state index contributed by atoms with van der Waals surface area (Å²) in [6.45, 7) is 2.74. The van der Waals surface area contributed by atoms with Crippen molar-refractivity contribution >= 4 is 11.3 Å². The zero-order valence-electron chi connectivity index (χ0n) is 10.6. The van der Waals surface area contributed by atoms with Gasteiger partial charge in [0.15, 0.2) is 11.6 Å². The van der Waals surface area contributed by atoms with Gasteiger partial charge in [0.25, 0.3) is 0 Å². The molecule has 18 heavy (non-hydrogen) atoms. The summed E-state index contributed by atoms with van der Waals surface area (Å²) in [5.41, 5.74) is 1.77. The van der Waals surface area contributed by atoms with Crippen LogP contribution in [-0.2, 0) is 6.54 Å². The van der Waals surface area contributed by atoms with E-state index in [0.29, 0.717) is 0 Å². The highest BCUT2D eigenvalue weighted by atomic mass is 32.1. The van der Waals surface area contributed by atoms with Crippen molar-refractivity contribution < 1.29 is 9.13 Å². The highest BCUT2D eigenvalue weighted by Gasteiger charge is 2.11. The summed E-state index contributed by atoms with van der Waals surface area (Å²) in [5, 5.41) is 3.93. The Bertz CT molecular complexity index is 554. The molecular formula is C13H15FN2OS. The molecule has 0 spiro atoms. The first-order chi connectivity index (χ1) is 8.65. The molecule has 96 valence electrons. The summed E-state index contributed by atoms with van der Waals surface area (Å²) < 4.78 is 18.5. The standard InChI is InChI=1S/C13H15FN2OS/c1-8-12(7-15-2)18-13(16-8)9-4-5-11(17-3)10(14)6-9/h4-6,15H,7H2,1-3H3. The van der Waals surface area contributed by atoms with Crippen LogP contribution in [0, 0.1) is 12.7 Å². The molecule has 0 unspecified atom stereocenters. The number of benzene rings is 1. The maximum absolute atomic E-state index is 13.6. The molecule has 0 aliphatic rings. The summed E-state index contributed by atoms with van der Waals surface area (Å²) in [6.07, 6.45) is 0. The lowest BCUT2D eigenvalue weighted by Crippen LogP contribution is -2.04. The zero-order chi connectivity index (χ0) is 13.1. The molecule has 0 bridgehead atoms. The van der Waals surface area contributed by atoms with Crippen molar-refractivity contribution in [1.82, 2.24) is 10.3 Å². The van der Waals surface area contributed by atoms with E-state index in [1.54, 1.807) is 17.4 Å². The summed E-state index contributed by atoms with van der Waals surface area (Å²) in [5.74, 6) is -0.111. The average Bonchev–Trinajstić information content (AvgIpc) is 2.71. The van der Waals surface area contributed by atoms with Crippen molar-refractivity contribution in [3.63, 3.8) is 0 Å². The van der Waals surface area contributed by atoms with Crippen molar-refractivity contribution in [3.8, 4) is 16.3 Å². The van der Waals surface area contributed by atoms with Crippen LogP contribution >= 0.6 is 11.3 Å². The molecule has 0 amide bonds. The minimum Gasteiger partial charge on any atom is -0.494 e. The van der Waals surface area contributed by atoms with E-state index in [9.17, 15) is 4.39 Å². The van der Waals surface area contributed by atoms with Gasteiger partial charge >= 0.3 is 0 Å². The van der Waals surface area contributed by atoms with Gasteiger partial charge in [-0.25, -0.2) is 9.37 Å². The first-order valence-electron chi connectivity index (χ1n) is 5.60. The number of hydrogen-bond acceptors (Lipinski definition) is 4. The van der Waals surface area contributed by atoms with E-state index in [2.05, 4.69) is 10.3 Å². The third-order valence-electron chi connectivity index (χ3n) is 2.63. The molecule has 0 radical (unpaired) electrons. The molecule has 1 N–H and O–H groups in total. The SMILES string of the molecule is CNCc1sc(-c2ccc(OC)c(F)c2)nc1C. The molecule has 2 aromatic rings. The van der Waals surface area contributed by atoms with E-state index >= 15 is 0 Å². The highest BCUT2D eigenvalue weighted by molar-refractivity contribution is 7.15. The van der Waals surface area contributed by atoms with Crippen molar-refractivity contribution in [2.75, 3.05) is 14.2 Å². The fourth-order valence-corrected chi connectivity index (χ4v) is 2.75. The largest absolute Gasteiger partial charge is 0.494 e. The van der Waals surface area contributed by atoms with Crippen LogP contribution in [0.1, 0.15) is 10.6 Å². The van der Waals surface area contributed by atoms with Crippen molar-refractivity contribution in [3.05, 3.63) is 34.6 Å². The number of aryl methyl sites for hydroxylation is 1. The van der Waals surface area contributed by atoms with E-state index < -0.39 is 0 Å². The van der Waals surface area contributed by atoms with Crippen molar-refractivity contribution in [2.24, 2.45) is 0 Å². The van der Waals surface area contributed by atoms with Crippen LogP contribution in [0.5, 0.6) is 5.75 Å².